The first-order chi connectivity index (χ1) is 22.7. The second kappa shape index (κ2) is 20.4. The van der Waals surface area contributed by atoms with Crippen molar-refractivity contribution in [2.75, 3.05) is 20.3 Å². The molecule has 0 spiro atoms. The van der Waals surface area contributed by atoms with Gasteiger partial charge in [-0.05, 0) is 64.9 Å². The monoisotopic (exact) mass is 766 g/mol. The van der Waals surface area contributed by atoms with E-state index in [0.29, 0.717) is 27.4 Å². The number of aliphatic hydroxyl groups is 2. The lowest BCUT2D eigenvalue weighted by Gasteiger charge is -2.41. The Morgan fingerprint density at radius 3 is 2.34 bits per heavy atom. The van der Waals surface area contributed by atoms with Crippen molar-refractivity contribution in [1.29, 1.82) is 0 Å². The van der Waals surface area contributed by atoms with Crippen LogP contribution in [0.4, 0.5) is 4.39 Å². The summed E-state index contributed by atoms with van der Waals surface area (Å²) >= 11 is 2.01. The number of aliphatic hydroxyl groups excluding tert-OH is 2. The Morgan fingerprint density at radius 2 is 1.72 bits per heavy atom. The maximum absolute atomic E-state index is 13.9. The van der Waals surface area contributed by atoms with E-state index in [4.69, 9.17) is 9.47 Å². The third-order valence-corrected chi connectivity index (χ3v) is 9.14. The molecule has 0 bridgehead atoms. The van der Waals surface area contributed by atoms with Crippen LogP contribution >= 0.6 is 22.6 Å². The van der Waals surface area contributed by atoms with Gasteiger partial charge in [-0.2, -0.15) is 0 Å². The average molecular weight is 767 g/mol. The number of hydrogen-bond acceptors (Lipinski definition) is 7. The normalized spacial score (nSPS) is 17.5. The number of ether oxygens (including phenoxy) is 2. The predicted octanol–water partition coefficient (Wildman–Crippen LogP) is 6.12. The van der Waals surface area contributed by atoms with Crippen molar-refractivity contribution in [3.63, 3.8) is 0 Å². The highest BCUT2D eigenvalue weighted by atomic mass is 127. The average Bonchev–Trinajstić information content (AvgIpc) is 3.07. The van der Waals surface area contributed by atoms with Gasteiger partial charge in [0.25, 0.3) is 0 Å². The van der Waals surface area contributed by atoms with Crippen molar-refractivity contribution in [2.45, 2.75) is 102 Å². The maximum atomic E-state index is 13.9. The highest BCUT2D eigenvalue weighted by molar-refractivity contribution is 14.1. The fourth-order valence-corrected chi connectivity index (χ4v) is 6.50. The number of nitrogens with zero attached hydrogens (tertiary/aromatic N) is 1. The molecule has 11 heteroatoms. The Kier molecular flexibility index (Phi) is 16.6. The van der Waals surface area contributed by atoms with Gasteiger partial charge in [0, 0.05) is 37.1 Å². The van der Waals surface area contributed by atoms with Crippen molar-refractivity contribution in [1.82, 2.24) is 10.2 Å². The van der Waals surface area contributed by atoms with E-state index in [-0.39, 0.29) is 55.5 Å². The Bertz CT molecular complexity index is 1340. The van der Waals surface area contributed by atoms with Gasteiger partial charge in [0.2, 0.25) is 11.8 Å². The number of aldehydes is 1. The lowest BCUT2D eigenvalue weighted by atomic mass is 9.87. The topological polar surface area (TPSA) is 125 Å². The van der Waals surface area contributed by atoms with Crippen LogP contribution in [0.1, 0.15) is 93.5 Å². The molecule has 2 amide bonds. The molecule has 0 heterocycles. The zero-order valence-corrected chi connectivity index (χ0v) is 29.5. The van der Waals surface area contributed by atoms with Gasteiger partial charge in [-0.15, -0.1) is 0 Å². The molecule has 1 aliphatic rings. The van der Waals surface area contributed by atoms with Crippen molar-refractivity contribution in [2.24, 2.45) is 0 Å². The molecular formula is C36H48FIN2O7. The summed E-state index contributed by atoms with van der Waals surface area (Å²) < 4.78 is 26.1. The minimum absolute atomic E-state index is 0.0324. The second-order valence-electron chi connectivity index (χ2n) is 11.9. The largest absolute Gasteiger partial charge is 0.493 e. The predicted molar refractivity (Wildman–Crippen MR) is 187 cm³/mol. The van der Waals surface area contributed by atoms with E-state index >= 15 is 0 Å². The summed E-state index contributed by atoms with van der Waals surface area (Å²) in [5.41, 5.74) is 1.35. The number of unbranched alkanes of at least 4 members (excludes halogenated alkanes) is 8. The summed E-state index contributed by atoms with van der Waals surface area (Å²) in [4.78, 5) is 40.1. The standard InChI is InChI=1S/C36H48FIN2O7/c1-3-4-5-6-7-8-9-10-11-12-33(43)40(23-25-13-15-28(37)16-14-25)30-21-27(36(45)39-17-18-41)22-31(34(30)44)47-35-29(38)19-26(24-42)20-32(35)46-2/h13-16,19-20,22,24,30-31,34,41,44H,3-12,17-18,21,23H2,1-2H3,(H,39,45). The molecule has 2 aromatic rings. The minimum atomic E-state index is -1.25. The molecule has 0 saturated carbocycles. The van der Waals surface area contributed by atoms with E-state index in [1.54, 1.807) is 23.1 Å². The molecule has 0 aliphatic heterocycles. The molecule has 47 heavy (non-hydrogen) atoms. The molecule has 9 nitrogen and oxygen atoms in total. The number of amides is 2. The number of benzene rings is 2. The number of halogens is 2. The first-order valence-corrected chi connectivity index (χ1v) is 17.6. The van der Waals surface area contributed by atoms with E-state index in [9.17, 15) is 29.0 Å². The van der Waals surface area contributed by atoms with Gasteiger partial charge in [-0.25, -0.2) is 4.39 Å². The fourth-order valence-electron chi connectivity index (χ4n) is 5.75. The Labute approximate surface area is 291 Å². The zero-order chi connectivity index (χ0) is 34.2. The summed E-state index contributed by atoms with van der Waals surface area (Å²) in [6, 6.07) is 8.14. The Morgan fingerprint density at radius 1 is 1.06 bits per heavy atom. The maximum Gasteiger partial charge on any atom is 0.247 e. The van der Waals surface area contributed by atoms with Gasteiger partial charge < -0.3 is 29.9 Å². The summed E-state index contributed by atoms with van der Waals surface area (Å²) in [5.74, 6) is -0.476. The highest BCUT2D eigenvalue weighted by Gasteiger charge is 2.41. The molecule has 0 radical (unpaired) electrons. The summed E-state index contributed by atoms with van der Waals surface area (Å²) in [6.07, 6.45) is 10.1. The van der Waals surface area contributed by atoms with E-state index in [2.05, 4.69) is 12.2 Å². The van der Waals surface area contributed by atoms with Crippen LogP contribution in [0.3, 0.4) is 0 Å². The first kappa shape index (κ1) is 38.4. The smallest absolute Gasteiger partial charge is 0.247 e. The number of rotatable bonds is 20. The molecular weight excluding hydrogens is 718 g/mol. The summed E-state index contributed by atoms with van der Waals surface area (Å²) in [7, 11) is 1.44. The Balaban J connectivity index is 1.87. The van der Waals surface area contributed by atoms with Gasteiger partial charge in [-0.1, -0.05) is 70.4 Å². The minimum Gasteiger partial charge on any atom is -0.493 e. The van der Waals surface area contributed by atoms with Gasteiger partial charge in [0.05, 0.1) is 23.3 Å². The van der Waals surface area contributed by atoms with Crippen molar-refractivity contribution in [3.8, 4) is 11.5 Å². The summed E-state index contributed by atoms with van der Waals surface area (Å²) in [5, 5.41) is 23.8. The van der Waals surface area contributed by atoms with Crippen LogP contribution in [0.5, 0.6) is 11.5 Å². The first-order valence-electron chi connectivity index (χ1n) is 16.5. The quantitative estimate of drug-likeness (QED) is 0.0844. The van der Waals surface area contributed by atoms with Crippen LogP contribution < -0.4 is 14.8 Å². The molecule has 3 atom stereocenters. The molecule has 2 aromatic carbocycles. The number of nitrogens with one attached hydrogen (secondary N) is 1. The second-order valence-corrected chi connectivity index (χ2v) is 13.1. The molecule has 258 valence electrons. The van der Waals surface area contributed by atoms with E-state index in [1.165, 1.54) is 63.5 Å². The lowest BCUT2D eigenvalue weighted by molar-refractivity contribution is -0.139. The molecule has 1 aliphatic carbocycles. The van der Waals surface area contributed by atoms with Gasteiger partial charge >= 0.3 is 0 Å². The van der Waals surface area contributed by atoms with E-state index in [0.717, 1.165) is 19.3 Å². The van der Waals surface area contributed by atoms with E-state index < -0.39 is 30.0 Å². The third-order valence-electron chi connectivity index (χ3n) is 8.34. The molecule has 0 saturated heterocycles. The number of methoxy groups -OCH3 is 1. The molecule has 0 fully saturated rings. The van der Waals surface area contributed by atoms with Crippen molar-refractivity contribution < 1.29 is 38.5 Å². The molecule has 3 N–H and O–H groups in total. The zero-order valence-electron chi connectivity index (χ0n) is 27.4. The van der Waals surface area contributed by atoms with Crippen LogP contribution in [0, 0.1) is 9.39 Å². The number of carbonyl (C=O) groups is 3. The van der Waals surface area contributed by atoms with Crippen LogP contribution in [0.25, 0.3) is 0 Å². The van der Waals surface area contributed by atoms with Crippen molar-refractivity contribution >= 4 is 40.7 Å². The van der Waals surface area contributed by atoms with Gasteiger partial charge in [0.1, 0.15) is 24.3 Å². The molecule has 3 rings (SSSR count). The van der Waals surface area contributed by atoms with Gasteiger partial charge in [0.15, 0.2) is 11.5 Å². The van der Waals surface area contributed by atoms with Crippen LogP contribution in [0.2, 0.25) is 0 Å². The fraction of sp³-hybridized carbons (Fsp3) is 0.528. The van der Waals surface area contributed by atoms with Crippen LogP contribution in [-0.2, 0) is 16.1 Å². The SMILES string of the molecule is CCCCCCCCCCCC(=O)N(Cc1ccc(F)cc1)C1CC(C(=O)NCCO)=CC(Oc2c(I)cc(C=O)cc2OC)C1O. The van der Waals surface area contributed by atoms with Crippen LogP contribution in [0.15, 0.2) is 48.0 Å². The van der Waals surface area contributed by atoms with Crippen molar-refractivity contribution in [3.05, 3.63) is 68.6 Å². The van der Waals surface area contributed by atoms with Gasteiger partial charge in [-0.3, -0.25) is 14.4 Å². The summed E-state index contributed by atoms with van der Waals surface area (Å²) in [6.45, 7) is 2.08. The number of carbonyl (C=O) groups excluding carboxylic acids is 3. The van der Waals surface area contributed by atoms with Crippen LogP contribution in [-0.4, -0.2) is 71.7 Å². The molecule has 3 unspecified atom stereocenters. The Hall–Kier alpha value is -3.03. The number of hydrogen-bond donors (Lipinski definition) is 3. The highest BCUT2D eigenvalue weighted by Crippen LogP contribution is 2.37. The third kappa shape index (κ3) is 11.9. The molecule has 0 aromatic heterocycles. The lowest BCUT2D eigenvalue weighted by Crippen LogP contribution is -2.54. The van der Waals surface area contributed by atoms with E-state index in [1.807, 2.05) is 22.6 Å².